The van der Waals surface area contributed by atoms with Gasteiger partial charge in [-0.25, -0.2) is 0 Å². The number of aliphatic hydroxyl groups is 1. The van der Waals surface area contributed by atoms with Crippen LogP contribution in [0.4, 0.5) is 0 Å². The molecule has 0 spiro atoms. The lowest BCUT2D eigenvalue weighted by Gasteiger charge is -2.18. The van der Waals surface area contributed by atoms with Crippen molar-refractivity contribution in [2.24, 2.45) is 0 Å². The molecule has 0 aliphatic rings. The van der Waals surface area contributed by atoms with E-state index in [4.69, 9.17) is 16.1 Å². The van der Waals surface area contributed by atoms with Crippen molar-refractivity contribution in [3.8, 4) is 6.07 Å². The Labute approximate surface area is 140 Å². The molecular weight excluding hydrogens is 333 g/mol. The third kappa shape index (κ3) is 3.65. The van der Waals surface area contributed by atoms with Crippen LogP contribution in [0.5, 0.6) is 0 Å². The van der Waals surface area contributed by atoms with Crippen molar-refractivity contribution in [2.45, 2.75) is 6.92 Å². The molecule has 1 N–H and O–H groups in total. The van der Waals surface area contributed by atoms with Crippen molar-refractivity contribution >= 4 is 30.0 Å². The molecule has 2 aromatic rings. The Hall–Kier alpha value is -2.05. The summed E-state index contributed by atoms with van der Waals surface area (Å²) in [7, 11) is -3.68. The summed E-state index contributed by atoms with van der Waals surface area (Å²) in [4.78, 5) is 0. The molecule has 4 nitrogen and oxygen atoms in total. The number of rotatable bonds is 5. The van der Waals surface area contributed by atoms with E-state index in [2.05, 4.69) is 0 Å². The number of nitriles is 1. The summed E-state index contributed by atoms with van der Waals surface area (Å²) in [6.07, 6.45) is 0. The zero-order valence-electron chi connectivity index (χ0n) is 12.4. The lowest BCUT2D eigenvalue weighted by Crippen LogP contribution is -2.10. The molecule has 0 amide bonds. The Balaban J connectivity index is 2.64. The number of nitrogens with zero attached hydrogens (tertiary/aromatic N) is 1. The number of benzene rings is 2. The van der Waals surface area contributed by atoms with E-state index in [0.717, 1.165) is 0 Å². The van der Waals surface area contributed by atoms with Gasteiger partial charge in [0.05, 0.1) is 6.61 Å². The van der Waals surface area contributed by atoms with Gasteiger partial charge < -0.3 is 9.63 Å². The molecule has 2 rings (SSSR count). The van der Waals surface area contributed by atoms with Crippen molar-refractivity contribution < 1.29 is 14.2 Å². The van der Waals surface area contributed by atoms with E-state index in [0.29, 0.717) is 15.9 Å². The quantitative estimate of drug-likeness (QED) is 0.482. The van der Waals surface area contributed by atoms with Gasteiger partial charge >= 0.3 is 0 Å². The first-order chi connectivity index (χ1) is 11.0. The Bertz CT molecular complexity index is 795. The van der Waals surface area contributed by atoms with E-state index < -0.39 is 7.37 Å². The minimum absolute atomic E-state index is 0.144. The van der Waals surface area contributed by atoms with E-state index in [-0.39, 0.29) is 17.7 Å². The molecule has 0 unspecified atom stereocenters. The number of aliphatic hydroxyl groups excluding tert-OH is 1. The molecule has 1 atom stereocenters. The van der Waals surface area contributed by atoms with Crippen LogP contribution >= 0.6 is 19.0 Å². The Morgan fingerprint density at radius 3 is 2.35 bits per heavy atom. The van der Waals surface area contributed by atoms with Gasteiger partial charge in [0.2, 0.25) is 0 Å². The minimum Gasteiger partial charge on any atom is -0.506 e. The first-order valence-electron chi connectivity index (χ1n) is 6.93. The van der Waals surface area contributed by atoms with Crippen molar-refractivity contribution in [1.82, 2.24) is 0 Å². The summed E-state index contributed by atoms with van der Waals surface area (Å²) >= 11 is 5.82. The van der Waals surface area contributed by atoms with Gasteiger partial charge in [-0.2, -0.15) is 5.26 Å². The van der Waals surface area contributed by atoms with Crippen LogP contribution in [0.3, 0.4) is 0 Å². The molecular formula is C17H15ClNO3P. The predicted octanol–water partition coefficient (Wildman–Crippen LogP) is 4.73. The van der Waals surface area contributed by atoms with Crippen LogP contribution in [0, 0.1) is 11.3 Å². The summed E-state index contributed by atoms with van der Waals surface area (Å²) in [5.74, 6) is -0.371. The van der Waals surface area contributed by atoms with Gasteiger partial charge in [0.15, 0.2) is 5.31 Å². The van der Waals surface area contributed by atoms with Crippen LogP contribution in [0.25, 0.3) is 5.76 Å². The van der Waals surface area contributed by atoms with Crippen molar-refractivity contribution in [1.29, 1.82) is 5.26 Å². The summed E-state index contributed by atoms with van der Waals surface area (Å²) < 4.78 is 18.8. The minimum atomic E-state index is -3.68. The van der Waals surface area contributed by atoms with Gasteiger partial charge in [-0.05, 0) is 43.3 Å². The Kier molecular flexibility index (Phi) is 5.63. The van der Waals surface area contributed by atoms with Crippen LogP contribution in [-0.4, -0.2) is 11.7 Å². The molecule has 0 aliphatic carbocycles. The second-order valence-corrected chi connectivity index (χ2v) is 7.38. The largest absolute Gasteiger partial charge is 0.506 e. The van der Waals surface area contributed by atoms with Gasteiger partial charge in [0, 0.05) is 15.9 Å². The van der Waals surface area contributed by atoms with Gasteiger partial charge in [-0.3, -0.25) is 4.57 Å². The fourth-order valence-electron chi connectivity index (χ4n) is 2.08. The molecule has 0 saturated carbocycles. The first-order valence-corrected chi connectivity index (χ1v) is 8.93. The summed E-state index contributed by atoms with van der Waals surface area (Å²) in [5.41, 5.74) is 0.349. The molecule has 0 fully saturated rings. The smallest absolute Gasteiger partial charge is 0.275 e. The number of hydrogen-bond acceptors (Lipinski definition) is 4. The zero-order valence-corrected chi connectivity index (χ0v) is 14.1. The SMILES string of the molecule is CCO[P@](=O)(/C(C#N)=C(\O)c1ccc(Cl)cc1)c1ccccc1. The summed E-state index contributed by atoms with van der Waals surface area (Å²) in [5, 5.41) is 20.5. The van der Waals surface area contributed by atoms with Gasteiger partial charge in [-0.1, -0.05) is 29.8 Å². The normalized spacial score (nSPS) is 14.5. The molecule has 0 saturated heterocycles. The van der Waals surface area contributed by atoms with Gasteiger partial charge in [0.25, 0.3) is 7.37 Å². The Morgan fingerprint density at radius 2 is 1.83 bits per heavy atom. The lowest BCUT2D eigenvalue weighted by atomic mass is 10.2. The molecule has 0 aromatic heterocycles. The first kappa shape index (κ1) is 17.3. The second-order valence-electron chi connectivity index (χ2n) is 4.62. The maximum absolute atomic E-state index is 13.3. The van der Waals surface area contributed by atoms with Crippen LogP contribution in [0.15, 0.2) is 59.9 Å². The number of halogens is 1. The maximum atomic E-state index is 13.3. The molecule has 0 bridgehead atoms. The van der Waals surface area contributed by atoms with Crippen LogP contribution in [0.1, 0.15) is 12.5 Å². The molecule has 0 aliphatic heterocycles. The van der Waals surface area contributed by atoms with Crippen LogP contribution < -0.4 is 5.30 Å². The Morgan fingerprint density at radius 1 is 1.22 bits per heavy atom. The fraction of sp³-hybridized carbons (Fsp3) is 0.118. The highest BCUT2D eigenvalue weighted by molar-refractivity contribution is 7.71. The monoisotopic (exact) mass is 347 g/mol. The van der Waals surface area contributed by atoms with E-state index >= 15 is 0 Å². The zero-order chi connectivity index (χ0) is 16.9. The number of allylic oxidation sites excluding steroid dienone is 1. The van der Waals surface area contributed by atoms with E-state index in [9.17, 15) is 14.9 Å². The summed E-state index contributed by atoms with van der Waals surface area (Å²) in [6.45, 7) is 1.83. The average molecular weight is 348 g/mol. The molecule has 0 heterocycles. The second kappa shape index (κ2) is 7.48. The fourth-order valence-corrected chi connectivity index (χ4v) is 4.21. The van der Waals surface area contributed by atoms with Crippen molar-refractivity contribution in [3.63, 3.8) is 0 Å². The standard InChI is InChI=1S/C17H15ClNO3P/c1-2-22-23(21,15-6-4-3-5-7-15)16(12-19)17(20)13-8-10-14(18)11-9-13/h3-11,20H,2H2,1H3/b17-16-/t23-/m0/s1. The van der Waals surface area contributed by atoms with Crippen molar-refractivity contribution in [2.75, 3.05) is 6.61 Å². The van der Waals surface area contributed by atoms with Gasteiger partial charge in [0.1, 0.15) is 11.8 Å². The molecule has 2 aromatic carbocycles. The summed E-state index contributed by atoms with van der Waals surface area (Å²) in [6, 6.07) is 16.5. The van der Waals surface area contributed by atoms with E-state index in [1.807, 2.05) is 6.07 Å². The molecule has 23 heavy (non-hydrogen) atoms. The third-order valence-electron chi connectivity index (χ3n) is 3.15. The molecule has 118 valence electrons. The molecule has 0 radical (unpaired) electrons. The van der Waals surface area contributed by atoms with Crippen LogP contribution in [-0.2, 0) is 9.09 Å². The highest BCUT2D eigenvalue weighted by Gasteiger charge is 2.34. The van der Waals surface area contributed by atoms with E-state index in [1.165, 1.54) is 0 Å². The highest BCUT2D eigenvalue weighted by atomic mass is 35.5. The predicted molar refractivity (Wildman–Crippen MR) is 91.9 cm³/mol. The third-order valence-corrected chi connectivity index (χ3v) is 5.90. The highest BCUT2D eigenvalue weighted by Crippen LogP contribution is 2.55. The maximum Gasteiger partial charge on any atom is 0.275 e. The molecule has 6 heteroatoms. The lowest BCUT2D eigenvalue weighted by molar-refractivity contribution is 0.345. The van der Waals surface area contributed by atoms with Gasteiger partial charge in [-0.15, -0.1) is 0 Å². The van der Waals surface area contributed by atoms with Crippen molar-refractivity contribution in [3.05, 3.63) is 70.5 Å². The number of hydrogen-bond donors (Lipinski definition) is 1. The van der Waals surface area contributed by atoms with Crippen LogP contribution in [0.2, 0.25) is 5.02 Å². The topological polar surface area (TPSA) is 70.3 Å². The van der Waals surface area contributed by atoms with E-state index in [1.54, 1.807) is 61.5 Å². The average Bonchev–Trinajstić information content (AvgIpc) is 2.57.